The maximum atomic E-state index is 11.7. The van der Waals surface area contributed by atoms with E-state index in [-0.39, 0.29) is 17.4 Å². The number of rotatable bonds is 9. The molecule has 0 saturated carbocycles. The molecule has 136 valence electrons. The highest BCUT2D eigenvalue weighted by atomic mass is 16.3. The summed E-state index contributed by atoms with van der Waals surface area (Å²) in [4.78, 5) is 16.7. The standard InChI is InChI=1S/C17H31N5O2/c18-14-15(19)4-1-6-20-10-12-21(13-11-20)7-3-9-22-8-2-5-16(23)17(22)24/h2,5,8,15,23H,1,3-4,6-7,9-14,18-19H2. The predicted octanol–water partition coefficient (Wildman–Crippen LogP) is -0.372. The lowest BCUT2D eigenvalue weighted by atomic mass is 10.1. The average molecular weight is 337 g/mol. The van der Waals surface area contributed by atoms with Crippen molar-refractivity contribution in [2.24, 2.45) is 11.5 Å². The molecule has 1 atom stereocenters. The minimum atomic E-state index is -0.307. The molecule has 7 heteroatoms. The largest absolute Gasteiger partial charge is 0.503 e. The van der Waals surface area contributed by atoms with Crippen molar-refractivity contribution in [3.05, 3.63) is 28.7 Å². The lowest BCUT2D eigenvalue weighted by Gasteiger charge is -2.34. The van der Waals surface area contributed by atoms with Gasteiger partial charge >= 0.3 is 0 Å². The van der Waals surface area contributed by atoms with Gasteiger partial charge in [-0.2, -0.15) is 0 Å². The molecule has 0 bridgehead atoms. The molecule has 1 aromatic heterocycles. The lowest BCUT2D eigenvalue weighted by molar-refractivity contribution is 0.128. The molecule has 2 heterocycles. The van der Waals surface area contributed by atoms with Crippen LogP contribution in [0, 0.1) is 0 Å². The van der Waals surface area contributed by atoms with Gasteiger partial charge < -0.3 is 30.9 Å². The number of pyridine rings is 1. The average Bonchev–Trinajstić information content (AvgIpc) is 2.60. The zero-order chi connectivity index (χ0) is 17.4. The summed E-state index contributed by atoms with van der Waals surface area (Å²) >= 11 is 0. The first kappa shape index (κ1) is 18.9. The van der Waals surface area contributed by atoms with Gasteiger partial charge in [0.15, 0.2) is 5.75 Å². The summed E-state index contributed by atoms with van der Waals surface area (Å²) < 4.78 is 1.58. The monoisotopic (exact) mass is 337 g/mol. The molecule has 5 N–H and O–H groups in total. The number of nitrogens with zero attached hydrogens (tertiary/aromatic N) is 3. The Hall–Kier alpha value is -1.41. The molecule has 1 fully saturated rings. The molecule has 0 aliphatic carbocycles. The lowest BCUT2D eigenvalue weighted by Crippen LogP contribution is -2.47. The van der Waals surface area contributed by atoms with Crippen LogP contribution in [-0.4, -0.2) is 71.3 Å². The van der Waals surface area contributed by atoms with Crippen molar-refractivity contribution >= 4 is 0 Å². The van der Waals surface area contributed by atoms with E-state index >= 15 is 0 Å². The fraction of sp³-hybridized carbons (Fsp3) is 0.706. The number of hydrogen-bond acceptors (Lipinski definition) is 6. The second-order valence-electron chi connectivity index (χ2n) is 6.57. The molecular formula is C17H31N5O2. The van der Waals surface area contributed by atoms with E-state index in [1.54, 1.807) is 16.8 Å². The first-order valence-corrected chi connectivity index (χ1v) is 8.89. The minimum Gasteiger partial charge on any atom is -0.503 e. The second-order valence-corrected chi connectivity index (χ2v) is 6.57. The Balaban J connectivity index is 1.61. The fourth-order valence-electron chi connectivity index (χ4n) is 3.10. The van der Waals surface area contributed by atoms with Gasteiger partial charge in [0.2, 0.25) is 0 Å². The number of nitrogens with two attached hydrogens (primary N) is 2. The predicted molar refractivity (Wildman–Crippen MR) is 96.1 cm³/mol. The summed E-state index contributed by atoms with van der Waals surface area (Å²) in [6, 6.07) is 3.26. The molecule has 1 aliphatic rings. The number of aromatic hydroxyl groups is 1. The van der Waals surface area contributed by atoms with Crippen LogP contribution in [0.5, 0.6) is 5.75 Å². The molecular weight excluding hydrogens is 306 g/mol. The van der Waals surface area contributed by atoms with Gasteiger partial charge in [0.1, 0.15) is 0 Å². The molecule has 7 nitrogen and oxygen atoms in total. The van der Waals surface area contributed by atoms with Crippen molar-refractivity contribution in [2.45, 2.75) is 31.8 Å². The van der Waals surface area contributed by atoms with Crippen molar-refractivity contribution in [1.82, 2.24) is 14.4 Å². The van der Waals surface area contributed by atoms with E-state index in [1.165, 1.54) is 6.07 Å². The highest BCUT2D eigenvalue weighted by molar-refractivity contribution is 5.14. The third-order valence-electron chi connectivity index (χ3n) is 4.69. The normalized spacial score (nSPS) is 17.9. The van der Waals surface area contributed by atoms with Gasteiger partial charge in [-0.05, 0) is 44.5 Å². The SMILES string of the molecule is NCC(N)CCCN1CCN(CCCn2cccc(O)c2=O)CC1. The van der Waals surface area contributed by atoms with Crippen LogP contribution in [0.3, 0.4) is 0 Å². The van der Waals surface area contributed by atoms with Crippen LogP contribution >= 0.6 is 0 Å². The van der Waals surface area contributed by atoms with E-state index in [9.17, 15) is 9.90 Å². The number of hydrogen-bond donors (Lipinski definition) is 3. The Bertz CT molecular complexity index is 540. The maximum absolute atomic E-state index is 11.7. The van der Waals surface area contributed by atoms with Crippen LogP contribution in [0.2, 0.25) is 0 Å². The summed E-state index contributed by atoms with van der Waals surface area (Å²) in [5.74, 6) is -0.180. The molecule has 0 aromatic carbocycles. The summed E-state index contributed by atoms with van der Waals surface area (Å²) in [5, 5.41) is 9.43. The Morgan fingerprint density at radius 1 is 1.08 bits per heavy atom. The molecule has 1 unspecified atom stereocenters. The highest BCUT2D eigenvalue weighted by Crippen LogP contribution is 2.06. The van der Waals surface area contributed by atoms with Crippen LogP contribution < -0.4 is 17.0 Å². The zero-order valence-electron chi connectivity index (χ0n) is 14.4. The van der Waals surface area contributed by atoms with Crippen molar-refractivity contribution in [3.8, 4) is 5.75 Å². The Labute approximate surface area is 143 Å². The van der Waals surface area contributed by atoms with Crippen LogP contribution in [0.4, 0.5) is 0 Å². The van der Waals surface area contributed by atoms with Gasteiger partial charge in [0.25, 0.3) is 5.56 Å². The van der Waals surface area contributed by atoms with Gasteiger partial charge in [-0.15, -0.1) is 0 Å². The van der Waals surface area contributed by atoms with Crippen LogP contribution in [0.1, 0.15) is 19.3 Å². The third kappa shape index (κ3) is 5.90. The molecule has 24 heavy (non-hydrogen) atoms. The molecule has 2 rings (SSSR count). The van der Waals surface area contributed by atoms with Gasteiger partial charge in [0, 0.05) is 51.5 Å². The molecule has 1 saturated heterocycles. The van der Waals surface area contributed by atoms with Gasteiger partial charge in [-0.3, -0.25) is 4.79 Å². The summed E-state index contributed by atoms with van der Waals surface area (Å²) in [5.41, 5.74) is 11.1. The minimum absolute atomic E-state index is 0.132. The van der Waals surface area contributed by atoms with Crippen molar-refractivity contribution < 1.29 is 5.11 Å². The van der Waals surface area contributed by atoms with Crippen molar-refractivity contribution in [2.75, 3.05) is 45.8 Å². The van der Waals surface area contributed by atoms with Gasteiger partial charge in [0.05, 0.1) is 0 Å². The fourth-order valence-corrected chi connectivity index (χ4v) is 3.10. The summed E-state index contributed by atoms with van der Waals surface area (Å²) in [6.07, 6.45) is 4.74. The summed E-state index contributed by atoms with van der Waals surface area (Å²) in [7, 11) is 0. The van der Waals surface area contributed by atoms with Crippen molar-refractivity contribution in [1.29, 1.82) is 0 Å². The quantitative estimate of drug-likeness (QED) is 0.568. The Morgan fingerprint density at radius 3 is 2.33 bits per heavy atom. The maximum Gasteiger partial charge on any atom is 0.292 e. The van der Waals surface area contributed by atoms with E-state index in [1.807, 2.05) is 0 Å². The first-order chi connectivity index (χ1) is 11.6. The number of aryl methyl sites for hydroxylation is 1. The number of piperazine rings is 1. The highest BCUT2D eigenvalue weighted by Gasteiger charge is 2.16. The molecule has 1 aliphatic heterocycles. The molecule has 0 radical (unpaired) electrons. The topological polar surface area (TPSA) is 101 Å². The van der Waals surface area contributed by atoms with E-state index in [2.05, 4.69) is 9.80 Å². The second kappa shape index (κ2) is 9.78. The number of aromatic nitrogens is 1. The molecule has 0 spiro atoms. The van der Waals surface area contributed by atoms with E-state index in [4.69, 9.17) is 11.5 Å². The molecule has 1 aromatic rings. The zero-order valence-corrected chi connectivity index (χ0v) is 14.4. The van der Waals surface area contributed by atoms with Crippen molar-refractivity contribution in [3.63, 3.8) is 0 Å². The summed E-state index contributed by atoms with van der Waals surface area (Å²) in [6.45, 7) is 7.60. The van der Waals surface area contributed by atoms with E-state index in [0.29, 0.717) is 13.1 Å². The van der Waals surface area contributed by atoms with Crippen LogP contribution in [0.25, 0.3) is 0 Å². The van der Waals surface area contributed by atoms with E-state index in [0.717, 1.165) is 58.5 Å². The first-order valence-electron chi connectivity index (χ1n) is 8.89. The van der Waals surface area contributed by atoms with Crippen LogP contribution in [-0.2, 0) is 6.54 Å². The third-order valence-corrected chi connectivity index (χ3v) is 4.69. The molecule has 0 amide bonds. The van der Waals surface area contributed by atoms with Crippen LogP contribution in [0.15, 0.2) is 23.1 Å². The smallest absolute Gasteiger partial charge is 0.292 e. The Morgan fingerprint density at radius 2 is 1.71 bits per heavy atom. The van der Waals surface area contributed by atoms with Gasteiger partial charge in [-0.25, -0.2) is 0 Å². The Kier molecular flexibility index (Phi) is 7.71. The van der Waals surface area contributed by atoms with E-state index < -0.39 is 0 Å². The van der Waals surface area contributed by atoms with Gasteiger partial charge in [-0.1, -0.05) is 0 Å².